The number of carbonyl (C=O) groups excluding carboxylic acids is 2. The molecule has 1 N–H and O–H groups in total. The zero-order valence-corrected chi connectivity index (χ0v) is 5.20. The van der Waals surface area contributed by atoms with Gasteiger partial charge in [0, 0.05) is 0 Å². The molecule has 3 amide bonds. The number of imide groups is 1. The Labute approximate surface area is 54.5 Å². The summed E-state index contributed by atoms with van der Waals surface area (Å²) in [5.41, 5.74) is 0. The van der Waals surface area contributed by atoms with E-state index >= 15 is 0 Å². The van der Waals surface area contributed by atoms with Crippen molar-refractivity contribution in [2.75, 3.05) is 6.54 Å². The molecular weight excluding hydrogens is 123 g/mol. The lowest BCUT2D eigenvalue weighted by atomic mass is 10.7. The van der Waals surface area contributed by atoms with Crippen LogP contribution in [0, 0.1) is 0 Å². The molecule has 1 heterocycles. The van der Waals surface area contributed by atoms with Gasteiger partial charge in [-0.3, -0.25) is 14.9 Å². The molecule has 0 aromatic rings. The monoisotopic (exact) mass is 126 g/mol. The minimum absolute atomic E-state index is 0.156. The molecule has 1 rings (SSSR count). The lowest BCUT2D eigenvalue weighted by Crippen LogP contribution is -2.25. The third-order valence-corrected chi connectivity index (χ3v) is 1.24. The van der Waals surface area contributed by atoms with Crippen LogP contribution in [0.25, 0.3) is 0 Å². The van der Waals surface area contributed by atoms with Gasteiger partial charge >= 0.3 is 16.5 Å². The molecule has 0 aromatic heterocycles. The van der Waals surface area contributed by atoms with Crippen LogP contribution in [0.15, 0.2) is 0 Å². The lowest BCUT2D eigenvalue weighted by Gasteiger charge is -2.02. The quantitative estimate of drug-likeness (QED) is 0.321. The van der Waals surface area contributed by atoms with Crippen LogP contribution in [0.2, 0.25) is 0 Å². The number of hydrogen-bond donors (Lipinski definition) is 1. The van der Waals surface area contributed by atoms with Crippen molar-refractivity contribution in [1.82, 2.24) is 9.20 Å². The van der Waals surface area contributed by atoms with Gasteiger partial charge in [-0.2, -0.15) is 0 Å². The molecule has 5 heteroatoms. The fraction of sp³-hybridized carbons (Fsp3) is 0.333. The van der Waals surface area contributed by atoms with Gasteiger partial charge < -0.3 is 3.88 Å². The maximum absolute atomic E-state index is 10.4. The zero-order chi connectivity index (χ0) is 6.15. The summed E-state index contributed by atoms with van der Waals surface area (Å²) >= 11 is 2.14. The number of carbonyl (C=O) groups is 2. The maximum atomic E-state index is 10.4. The number of rotatable bonds is 0. The highest BCUT2D eigenvalue weighted by atomic mass is 27.1. The van der Waals surface area contributed by atoms with Crippen LogP contribution in [0.3, 0.4) is 0 Å². The van der Waals surface area contributed by atoms with Crippen LogP contribution in [-0.2, 0) is 4.79 Å². The number of hydrogen-bond acceptors (Lipinski definition) is 2. The second-order valence-corrected chi connectivity index (χ2v) is 2.10. The fourth-order valence-corrected chi connectivity index (χ4v) is 0.687. The molecule has 8 heavy (non-hydrogen) atoms. The van der Waals surface area contributed by atoms with Crippen LogP contribution in [0.1, 0.15) is 0 Å². The zero-order valence-electron chi connectivity index (χ0n) is 4.05. The lowest BCUT2D eigenvalue weighted by molar-refractivity contribution is -0.118. The molecule has 0 spiro atoms. The molecule has 0 aliphatic carbocycles. The van der Waals surface area contributed by atoms with Crippen molar-refractivity contribution in [3.8, 4) is 0 Å². The standard InChI is InChI=1S/C3H4N2O2.Al/c6-2-1-4-3(7)5-2;/h1H2,(H2,4,5,6,7);/q;+1/p-1. The smallest absolute Gasteiger partial charge is 0.318 e. The Morgan fingerprint density at radius 2 is 2.25 bits per heavy atom. The van der Waals surface area contributed by atoms with Crippen molar-refractivity contribution in [3.63, 3.8) is 0 Å². The second kappa shape index (κ2) is 1.77. The molecule has 2 radical (unpaired) electrons. The molecule has 1 fully saturated rings. The Balaban J connectivity index is 2.64. The number of nitrogens with one attached hydrogen (secondary N) is 1. The minimum Gasteiger partial charge on any atom is -0.427 e. The predicted molar refractivity (Wildman–Crippen MR) is 26.0 cm³/mol. The van der Waals surface area contributed by atoms with Gasteiger partial charge in [-0.15, -0.1) is 0 Å². The topological polar surface area (TPSA) is 49.4 Å². The highest BCUT2D eigenvalue weighted by Gasteiger charge is 2.20. The number of amides is 3. The molecular formula is C3H3AlN2O2. The van der Waals surface area contributed by atoms with E-state index < -0.39 is 0 Å². The van der Waals surface area contributed by atoms with Crippen LogP contribution in [0.4, 0.5) is 4.79 Å². The first-order valence-corrected chi connectivity index (χ1v) is 2.58. The normalized spacial score (nSPS) is 19.2. The average molecular weight is 126 g/mol. The number of urea groups is 1. The van der Waals surface area contributed by atoms with E-state index in [1.54, 1.807) is 0 Å². The van der Waals surface area contributed by atoms with Gasteiger partial charge in [-0.1, -0.05) is 0 Å². The summed E-state index contributed by atoms with van der Waals surface area (Å²) in [6.45, 7) is 0.156. The van der Waals surface area contributed by atoms with E-state index in [9.17, 15) is 9.59 Å². The molecule has 0 bridgehead atoms. The Bertz CT molecular complexity index is 146. The van der Waals surface area contributed by atoms with Crippen molar-refractivity contribution < 1.29 is 9.59 Å². The maximum Gasteiger partial charge on any atom is 0.318 e. The first kappa shape index (κ1) is 5.61. The molecule has 1 aliphatic rings. The highest BCUT2D eigenvalue weighted by Crippen LogP contribution is 1.89. The molecule has 0 saturated carbocycles. The van der Waals surface area contributed by atoms with Crippen molar-refractivity contribution in [2.24, 2.45) is 0 Å². The Morgan fingerprint density at radius 3 is 2.38 bits per heavy atom. The average Bonchev–Trinajstić information content (AvgIpc) is 1.85. The molecule has 1 aliphatic heterocycles. The second-order valence-electron chi connectivity index (χ2n) is 1.48. The Hall–Kier alpha value is -0.528. The summed E-state index contributed by atoms with van der Waals surface area (Å²) in [5.74, 6) is -0.245. The predicted octanol–water partition coefficient (Wildman–Crippen LogP) is -1.38. The summed E-state index contributed by atoms with van der Waals surface area (Å²) in [6, 6.07) is -0.347. The van der Waals surface area contributed by atoms with Crippen molar-refractivity contribution in [2.45, 2.75) is 0 Å². The highest BCUT2D eigenvalue weighted by molar-refractivity contribution is 6.20. The fourth-order valence-electron chi connectivity index (χ4n) is 0.457. The Morgan fingerprint density at radius 1 is 1.62 bits per heavy atom. The summed E-state index contributed by atoms with van der Waals surface area (Å²) < 4.78 is 1.24. The third-order valence-electron chi connectivity index (χ3n) is 0.821. The molecule has 4 nitrogen and oxygen atoms in total. The van der Waals surface area contributed by atoms with Crippen molar-refractivity contribution in [3.05, 3.63) is 0 Å². The summed E-state index contributed by atoms with van der Waals surface area (Å²) in [6.07, 6.45) is 0. The first-order valence-electron chi connectivity index (χ1n) is 2.06. The van der Waals surface area contributed by atoms with E-state index in [1.807, 2.05) is 0 Å². The van der Waals surface area contributed by atoms with Gasteiger partial charge in [0.2, 0.25) is 5.91 Å². The SMILES string of the molecule is O=C1C[N]([Al])C(=O)N1. The largest absolute Gasteiger partial charge is 0.427 e. The van der Waals surface area contributed by atoms with E-state index in [4.69, 9.17) is 0 Å². The Kier molecular flexibility index (Phi) is 1.24. The van der Waals surface area contributed by atoms with Crippen molar-refractivity contribution >= 4 is 28.4 Å². The van der Waals surface area contributed by atoms with Crippen LogP contribution in [-0.4, -0.2) is 38.9 Å². The van der Waals surface area contributed by atoms with Gasteiger partial charge in [0.25, 0.3) is 6.03 Å². The van der Waals surface area contributed by atoms with Gasteiger partial charge in [0.1, 0.15) is 0 Å². The van der Waals surface area contributed by atoms with Gasteiger partial charge in [-0.25, -0.2) is 0 Å². The summed E-state index contributed by atoms with van der Waals surface area (Å²) in [5, 5.41) is 2.09. The summed E-state index contributed by atoms with van der Waals surface area (Å²) in [4.78, 5) is 20.6. The van der Waals surface area contributed by atoms with E-state index in [2.05, 4.69) is 21.8 Å². The number of nitrogens with zero attached hydrogens (tertiary/aromatic N) is 1. The van der Waals surface area contributed by atoms with Crippen LogP contribution < -0.4 is 5.32 Å². The van der Waals surface area contributed by atoms with Crippen LogP contribution in [0.5, 0.6) is 0 Å². The van der Waals surface area contributed by atoms with E-state index in [1.165, 1.54) is 3.88 Å². The van der Waals surface area contributed by atoms with E-state index in [-0.39, 0.29) is 18.5 Å². The van der Waals surface area contributed by atoms with Gasteiger partial charge in [0.05, 0.1) is 6.54 Å². The summed E-state index contributed by atoms with van der Waals surface area (Å²) in [7, 11) is 0. The van der Waals surface area contributed by atoms with Crippen molar-refractivity contribution in [1.29, 1.82) is 0 Å². The van der Waals surface area contributed by atoms with Gasteiger partial charge in [0.15, 0.2) is 0 Å². The third kappa shape index (κ3) is 0.832. The molecule has 1 saturated heterocycles. The molecule has 0 atom stereocenters. The van der Waals surface area contributed by atoms with E-state index in [0.717, 1.165) is 0 Å². The molecule has 0 unspecified atom stereocenters. The molecule has 40 valence electrons. The van der Waals surface area contributed by atoms with Gasteiger partial charge in [-0.05, 0) is 0 Å². The minimum atomic E-state index is -0.347. The first-order chi connectivity index (χ1) is 3.70. The van der Waals surface area contributed by atoms with Crippen LogP contribution >= 0.6 is 0 Å². The molecule has 0 aromatic carbocycles. The van der Waals surface area contributed by atoms with E-state index in [0.29, 0.717) is 0 Å².